The number of carboxylic acids is 1. The van der Waals surface area contributed by atoms with Gasteiger partial charge in [-0.25, -0.2) is 0 Å². The average Bonchev–Trinajstić information content (AvgIpc) is 3.28. The maximum atomic E-state index is 12.0. The molecule has 0 aliphatic heterocycles. The third-order valence-corrected chi connectivity index (χ3v) is 4.74. The monoisotopic (exact) mass is 333 g/mol. The van der Waals surface area contributed by atoms with Crippen LogP contribution in [0.15, 0.2) is 29.2 Å². The first-order valence-corrected chi connectivity index (χ1v) is 8.42. The van der Waals surface area contributed by atoms with Crippen molar-refractivity contribution in [3.8, 4) is 0 Å². The number of nitrogens with zero attached hydrogens (tertiary/aromatic N) is 2. The van der Waals surface area contributed by atoms with E-state index in [1.54, 1.807) is 18.3 Å². The Hall–Kier alpha value is -2.15. The summed E-state index contributed by atoms with van der Waals surface area (Å²) in [6.07, 6.45) is 5.52. The minimum Gasteiger partial charge on any atom is -0.480 e. The van der Waals surface area contributed by atoms with Crippen molar-refractivity contribution in [1.82, 2.24) is 14.8 Å². The largest absolute Gasteiger partial charge is 0.480 e. The molecule has 1 heterocycles. The Morgan fingerprint density at radius 3 is 2.67 bits per heavy atom. The molecule has 0 spiro atoms. The second-order valence-electron chi connectivity index (χ2n) is 6.82. The molecule has 1 aromatic rings. The first-order valence-electron chi connectivity index (χ1n) is 8.42. The van der Waals surface area contributed by atoms with Crippen LogP contribution in [0, 0.1) is 5.92 Å². The number of hydrogen-bond acceptors (Lipinski definition) is 4. The zero-order valence-corrected chi connectivity index (χ0v) is 13.6. The fourth-order valence-electron chi connectivity index (χ4n) is 3.17. The number of rotatable bonds is 8. The number of pyridine rings is 1. The first kappa shape index (κ1) is 16.7. The molecule has 1 aromatic heterocycles. The average molecular weight is 333 g/mol. The van der Waals surface area contributed by atoms with E-state index in [1.807, 2.05) is 4.90 Å². The molecule has 24 heavy (non-hydrogen) atoms. The number of carbonyl (C=O) groups excluding carboxylic acids is 1. The Labute approximate surface area is 140 Å². The number of aromatic nitrogens is 1. The van der Waals surface area contributed by atoms with E-state index >= 15 is 0 Å². The van der Waals surface area contributed by atoms with Crippen molar-refractivity contribution < 1.29 is 14.7 Å². The lowest BCUT2D eigenvalue weighted by Crippen LogP contribution is -2.55. The van der Waals surface area contributed by atoms with Gasteiger partial charge in [0.2, 0.25) is 5.91 Å². The summed E-state index contributed by atoms with van der Waals surface area (Å²) in [6, 6.07) is 5.08. The van der Waals surface area contributed by atoms with Crippen LogP contribution in [0.2, 0.25) is 0 Å². The van der Waals surface area contributed by atoms with Crippen molar-refractivity contribution in [1.29, 1.82) is 0 Å². The zero-order chi connectivity index (χ0) is 17.1. The third-order valence-electron chi connectivity index (χ3n) is 4.74. The Balaban J connectivity index is 1.45. The molecular formula is C17H23N3O4. The fraction of sp³-hybridized carbons (Fsp3) is 0.588. The van der Waals surface area contributed by atoms with Crippen LogP contribution in [0.5, 0.6) is 0 Å². The number of hydrogen-bond donors (Lipinski definition) is 2. The summed E-state index contributed by atoms with van der Waals surface area (Å²) < 4.78 is 1.37. The van der Waals surface area contributed by atoms with Crippen molar-refractivity contribution >= 4 is 11.9 Å². The highest BCUT2D eigenvalue weighted by Crippen LogP contribution is 2.33. The number of aliphatic carboxylic acids is 1. The van der Waals surface area contributed by atoms with E-state index < -0.39 is 5.97 Å². The van der Waals surface area contributed by atoms with Gasteiger partial charge in [0.15, 0.2) is 0 Å². The standard InChI is InChI=1S/C17H23N3O4/c21-15(10-19-6-2-1-3-16(19)22)18-13-7-14(8-13)20(11-17(23)24)9-12-4-5-12/h1-3,6,12-14H,4-5,7-11H2,(H,18,21)(H,23,24). The van der Waals surface area contributed by atoms with E-state index in [0.29, 0.717) is 5.92 Å². The maximum Gasteiger partial charge on any atom is 0.317 e. The lowest BCUT2D eigenvalue weighted by molar-refractivity contribution is -0.140. The lowest BCUT2D eigenvalue weighted by atomic mass is 9.85. The minimum absolute atomic E-state index is 0.0156. The quantitative estimate of drug-likeness (QED) is 0.713. The number of nitrogens with one attached hydrogen (secondary N) is 1. The molecule has 0 bridgehead atoms. The molecule has 2 aliphatic carbocycles. The van der Waals surface area contributed by atoms with E-state index in [0.717, 1.165) is 19.4 Å². The Morgan fingerprint density at radius 2 is 2.04 bits per heavy atom. The Kier molecular flexibility index (Phi) is 4.99. The molecule has 130 valence electrons. The molecule has 0 aromatic carbocycles. The second kappa shape index (κ2) is 7.17. The third kappa shape index (κ3) is 4.44. The van der Waals surface area contributed by atoms with Crippen LogP contribution < -0.4 is 10.9 Å². The van der Waals surface area contributed by atoms with E-state index in [4.69, 9.17) is 5.11 Å². The van der Waals surface area contributed by atoms with Gasteiger partial charge in [0.05, 0.1) is 6.54 Å². The van der Waals surface area contributed by atoms with Crippen molar-refractivity contribution in [2.45, 2.75) is 44.3 Å². The van der Waals surface area contributed by atoms with Crippen LogP contribution >= 0.6 is 0 Å². The highest BCUT2D eigenvalue weighted by Gasteiger charge is 2.37. The smallest absolute Gasteiger partial charge is 0.317 e. The Bertz CT molecular complexity index is 662. The van der Waals surface area contributed by atoms with Gasteiger partial charge in [0, 0.05) is 30.9 Å². The molecule has 0 saturated heterocycles. The SMILES string of the molecule is O=C(O)CN(CC1CC1)C1CC(NC(=O)Cn2ccccc2=O)C1. The van der Waals surface area contributed by atoms with Crippen molar-refractivity contribution in [3.05, 3.63) is 34.7 Å². The van der Waals surface area contributed by atoms with Gasteiger partial charge in [-0.05, 0) is 37.7 Å². The van der Waals surface area contributed by atoms with Gasteiger partial charge in [-0.3, -0.25) is 19.3 Å². The molecule has 0 atom stereocenters. The fourth-order valence-corrected chi connectivity index (χ4v) is 3.17. The molecule has 2 saturated carbocycles. The van der Waals surface area contributed by atoms with Gasteiger partial charge in [-0.2, -0.15) is 0 Å². The van der Waals surface area contributed by atoms with E-state index in [9.17, 15) is 14.4 Å². The number of carbonyl (C=O) groups is 2. The van der Waals surface area contributed by atoms with E-state index in [1.165, 1.54) is 23.5 Å². The predicted octanol–water partition coefficient (Wildman–Crippen LogP) is 0.292. The minimum atomic E-state index is -0.799. The van der Waals surface area contributed by atoms with E-state index in [-0.39, 0.29) is 36.6 Å². The predicted molar refractivity (Wildman–Crippen MR) is 87.6 cm³/mol. The van der Waals surface area contributed by atoms with Crippen LogP contribution in [0.1, 0.15) is 25.7 Å². The van der Waals surface area contributed by atoms with Gasteiger partial charge in [0.1, 0.15) is 6.54 Å². The van der Waals surface area contributed by atoms with Crippen LogP contribution in [0.3, 0.4) is 0 Å². The Morgan fingerprint density at radius 1 is 1.29 bits per heavy atom. The van der Waals surface area contributed by atoms with Gasteiger partial charge in [-0.15, -0.1) is 0 Å². The van der Waals surface area contributed by atoms with Gasteiger partial charge in [-0.1, -0.05) is 6.07 Å². The summed E-state index contributed by atoms with van der Waals surface area (Å²) in [5, 5.41) is 12.0. The lowest BCUT2D eigenvalue weighted by Gasteiger charge is -2.42. The van der Waals surface area contributed by atoms with Crippen LogP contribution in [0.4, 0.5) is 0 Å². The number of carboxylic acid groups (broad SMARTS) is 1. The summed E-state index contributed by atoms with van der Waals surface area (Å²) >= 11 is 0. The van der Waals surface area contributed by atoms with E-state index in [2.05, 4.69) is 5.32 Å². The summed E-state index contributed by atoms with van der Waals surface area (Å²) in [7, 11) is 0. The van der Waals surface area contributed by atoms with Crippen LogP contribution in [0.25, 0.3) is 0 Å². The van der Waals surface area contributed by atoms with Crippen LogP contribution in [-0.4, -0.2) is 51.6 Å². The molecule has 7 heteroatoms. The van der Waals surface area contributed by atoms with Crippen molar-refractivity contribution in [3.63, 3.8) is 0 Å². The zero-order valence-electron chi connectivity index (χ0n) is 13.6. The second-order valence-corrected chi connectivity index (χ2v) is 6.82. The van der Waals surface area contributed by atoms with Gasteiger partial charge >= 0.3 is 5.97 Å². The topological polar surface area (TPSA) is 91.6 Å². The normalized spacial score (nSPS) is 22.9. The molecule has 3 rings (SSSR count). The van der Waals surface area contributed by atoms with Crippen molar-refractivity contribution in [2.75, 3.05) is 13.1 Å². The van der Waals surface area contributed by atoms with Crippen molar-refractivity contribution in [2.24, 2.45) is 5.92 Å². The highest BCUT2D eigenvalue weighted by molar-refractivity contribution is 5.76. The summed E-state index contributed by atoms with van der Waals surface area (Å²) in [4.78, 5) is 36.7. The van der Waals surface area contributed by atoms with Crippen LogP contribution in [-0.2, 0) is 16.1 Å². The van der Waals surface area contributed by atoms with Gasteiger partial charge in [0.25, 0.3) is 5.56 Å². The number of amides is 1. The highest BCUT2D eigenvalue weighted by atomic mass is 16.4. The summed E-state index contributed by atoms with van der Waals surface area (Å²) in [5.74, 6) is -0.340. The summed E-state index contributed by atoms with van der Waals surface area (Å²) in [5.41, 5.74) is -0.198. The van der Waals surface area contributed by atoms with Gasteiger partial charge < -0.3 is 15.0 Å². The molecule has 0 unspecified atom stereocenters. The molecule has 2 aliphatic rings. The molecule has 1 amide bonds. The molecule has 7 nitrogen and oxygen atoms in total. The molecule has 0 radical (unpaired) electrons. The molecule has 2 fully saturated rings. The summed E-state index contributed by atoms with van der Waals surface area (Å²) in [6.45, 7) is 0.931. The molecule has 2 N–H and O–H groups in total. The maximum absolute atomic E-state index is 12.0. The first-order chi connectivity index (χ1) is 11.5. The molecular weight excluding hydrogens is 310 g/mol.